The fourth-order valence-electron chi connectivity index (χ4n) is 3.49. The molecule has 1 aliphatic rings. The number of nitrogens with one attached hydrogen (secondary N) is 2. The molecule has 0 aliphatic carbocycles. The maximum absolute atomic E-state index is 8.50. The molecule has 3 aromatic rings. The Labute approximate surface area is 149 Å². The molecule has 2 N–H and O–H groups in total. The fourth-order valence-corrected chi connectivity index (χ4v) is 3.98. The maximum atomic E-state index is 8.50. The normalized spacial score (nSPS) is 16.2. The van der Waals surface area contributed by atoms with Crippen molar-refractivity contribution in [1.82, 2.24) is 0 Å². The van der Waals surface area contributed by atoms with Gasteiger partial charge < -0.3 is 10.2 Å². The molecule has 4 rings (SSSR count). The maximum Gasteiger partial charge on any atom is 0.200 e. The van der Waals surface area contributed by atoms with Gasteiger partial charge in [-0.05, 0) is 40.6 Å². The van der Waals surface area contributed by atoms with Crippen LogP contribution in [0.4, 0.5) is 11.4 Å². The standard InChI is InChI=1S/C20H18BrN3/c1-13-12-24(20(22)23-14-6-3-2-4-7-14)18-11-10-15-16(19(13)18)8-5-9-17(15)21/h2-11,13H,12H2,1H3,(H2,22,23). The Morgan fingerprint density at radius 2 is 1.83 bits per heavy atom. The molecule has 4 heteroatoms. The quantitative estimate of drug-likeness (QED) is 0.428. The molecule has 1 heterocycles. The van der Waals surface area contributed by atoms with E-state index >= 15 is 0 Å². The lowest BCUT2D eigenvalue weighted by Gasteiger charge is -2.21. The first kappa shape index (κ1) is 15.2. The van der Waals surface area contributed by atoms with E-state index in [9.17, 15) is 0 Å². The zero-order chi connectivity index (χ0) is 16.7. The lowest BCUT2D eigenvalue weighted by atomic mass is 9.96. The Morgan fingerprint density at radius 1 is 1.04 bits per heavy atom. The van der Waals surface area contributed by atoms with Gasteiger partial charge in [-0.3, -0.25) is 5.41 Å². The second-order valence-corrected chi connectivity index (χ2v) is 7.04. The highest BCUT2D eigenvalue weighted by Crippen LogP contribution is 2.42. The van der Waals surface area contributed by atoms with Gasteiger partial charge >= 0.3 is 0 Å². The number of fused-ring (bicyclic) bond motifs is 3. The van der Waals surface area contributed by atoms with Crippen LogP contribution in [0.25, 0.3) is 10.8 Å². The number of rotatable bonds is 1. The van der Waals surface area contributed by atoms with E-state index < -0.39 is 0 Å². The summed E-state index contributed by atoms with van der Waals surface area (Å²) in [5.41, 5.74) is 3.39. The van der Waals surface area contributed by atoms with E-state index in [0.29, 0.717) is 11.9 Å². The van der Waals surface area contributed by atoms with Crippen molar-refractivity contribution in [1.29, 1.82) is 5.41 Å². The third kappa shape index (κ3) is 2.47. The Hall–Kier alpha value is -2.33. The molecular formula is C20H18BrN3. The molecule has 3 nitrogen and oxygen atoms in total. The highest BCUT2D eigenvalue weighted by Gasteiger charge is 2.30. The third-order valence-corrected chi connectivity index (χ3v) is 5.26. The van der Waals surface area contributed by atoms with Crippen molar-refractivity contribution in [2.45, 2.75) is 12.8 Å². The molecule has 0 amide bonds. The summed E-state index contributed by atoms with van der Waals surface area (Å²) >= 11 is 3.65. The first-order chi connectivity index (χ1) is 11.6. The fraction of sp³-hybridized carbons (Fsp3) is 0.150. The second-order valence-electron chi connectivity index (χ2n) is 6.18. The lowest BCUT2D eigenvalue weighted by Crippen LogP contribution is -2.34. The second kappa shape index (κ2) is 5.95. The van der Waals surface area contributed by atoms with Crippen LogP contribution in [0.15, 0.2) is 65.1 Å². The van der Waals surface area contributed by atoms with Crippen LogP contribution in [0.1, 0.15) is 18.4 Å². The summed E-state index contributed by atoms with van der Waals surface area (Å²) in [4.78, 5) is 2.06. The van der Waals surface area contributed by atoms with Gasteiger partial charge in [0.15, 0.2) is 5.96 Å². The lowest BCUT2D eigenvalue weighted by molar-refractivity contribution is 0.824. The van der Waals surface area contributed by atoms with E-state index in [4.69, 9.17) is 5.41 Å². The Balaban J connectivity index is 1.74. The largest absolute Gasteiger partial charge is 0.326 e. The van der Waals surface area contributed by atoms with E-state index in [0.717, 1.165) is 22.4 Å². The van der Waals surface area contributed by atoms with Crippen LogP contribution in [0.2, 0.25) is 0 Å². The number of halogens is 1. The van der Waals surface area contributed by atoms with Crippen molar-refractivity contribution in [2.75, 3.05) is 16.8 Å². The molecule has 1 aliphatic heterocycles. The molecule has 1 atom stereocenters. The Morgan fingerprint density at radius 3 is 2.62 bits per heavy atom. The van der Waals surface area contributed by atoms with Crippen LogP contribution in [0.5, 0.6) is 0 Å². The van der Waals surface area contributed by atoms with E-state index in [1.165, 1.54) is 16.3 Å². The van der Waals surface area contributed by atoms with Gasteiger partial charge in [0.1, 0.15) is 0 Å². The van der Waals surface area contributed by atoms with Crippen LogP contribution >= 0.6 is 15.9 Å². The van der Waals surface area contributed by atoms with Gasteiger partial charge in [0.2, 0.25) is 0 Å². The zero-order valence-corrected chi connectivity index (χ0v) is 15.0. The molecule has 24 heavy (non-hydrogen) atoms. The number of benzene rings is 3. The number of nitrogens with zero attached hydrogens (tertiary/aromatic N) is 1. The predicted octanol–water partition coefficient (Wildman–Crippen LogP) is 5.57. The summed E-state index contributed by atoms with van der Waals surface area (Å²) in [6.07, 6.45) is 0. The monoisotopic (exact) mass is 379 g/mol. The molecular weight excluding hydrogens is 362 g/mol. The van der Waals surface area contributed by atoms with E-state index in [-0.39, 0.29) is 0 Å². The topological polar surface area (TPSA) is 39.1 Å². The zero-order valence-electron chi connectivity index (χ0n) is 13.4. The highest BCUT2D eigenvalue weighted by molar-refractivity contribution is 9.10. The summed E-state index contributed by atoms with van der Waals surface area (Å²) < 4.78 is 1.12. The van der Waals surface area contributed by atoms with Crippen molar-refractivity contribution in [3.8, 4) is 0 Å². The molecule has 0 aromatic heterocycles. The summed E-state index contributed by atoms with van der Waals surface area (Å²) in [5.74, 6) is 0.803. The average molecular weight is 380 g/mol. The number of hydrogen-bond acceptors (Lipinski definition) is 1. The minimum Gasteiger partial charge on any atom is -0.326 e. The van der Waals surface area contributed by atoms with Crippen LogP contribution in [-0.4, -0.2) is 12.5 Å². The summed E-state index contributed by atoms with van der Waals surface area (Å²) in [6.45, 7) is 3.05. The highest BCUT2D eigenvalue weighted by atomic mass is 79.9. The first-order valence-corrected chi connectivity index (χ1v) is 8.84. The molecule has 0 fully saturated rings. The average Bonchev–Trinajstić information content (AvgIpc) is 2.94. The number of anilines is 2. The molecule has 3 aromatic carbocycles. The van der Waals surface area contributed by atoms with Gasteiger partial charge in [0.25, 0.3) is 0 Å². The molecule has 0 bridgehead atoms. The minimum absolute atomic E-state index is 0.385. The summed E-state index contributed by atoms with van der Waals surface area (Å²) in [5, 5.41) is 14.2. The number of hydrogen-bond donors (Lipinski definition) is 2. The van der Waals surface area contributed by atoms with E-state index in [2.05, 4.69) is 63.4 Å². The predicted molar refractivity (Wildman–Crippen MR) is 105 cm³/mol. The van der Waals surface area contributed by atoms with Gasteiger partial charge in [0.05, 0.1) is 0 Å². The van der Waals surface area contributed by atoms with Crippen molar-refractivity contribution < 1.29 is 0 Å². The SMILES string of the molecule is CC1CN(C(=N)Nc2ccccc2)c2ccc3c(Br)cccc3c21. The van der Waals surface area contributed by atoms with Crippen molar-refractivity contribution in [3.63, 3.8) is 0 Å². The minimum atomic E-state index is 0.385. The summed E-state index contributed by atoms with van der Waals surface area (Å²) in [6, 6.07) is 20.5. The number of guanidine groups is 1. The van der Waals surface area contributed by atoms with Gasteiger partial charge in [-0.15, -0.1) is 0 Å². The first-order valence-electron chi connectivity index (χ1n) is 8.04. The molecule has 0 saturated carbocycles. The smallest absolute Gasteiger partial charge is 0.200 e. The molecule has 0 spiro atoms. The molecule has 1 unspecified atom stereocenters. The van der Waals surface area contributed by atoms with Crippen molar-refractivity contribution in [3.05, 3.63) is 70.7 Å². The Kier molecular flexibility index (Phi) is 3.77. The van der Waals surface area contributed by atoms with Crippen LogP contribution in [0.3, 0.4) is 0 Å². The Bertz CT molecular complexity index is 921. The third-order valence-electron chi connectivity index (χ3n) is 4.57. The number of para-hydroxylation sites is 1. The molecule has 0 radical (unpaired) electrons. The van der Waals surface area contributed by atoms with Gasteiger partial charge in [-0.25, -0.2) is 0 Å². The molecule has 120 valence electrons. The summed E-state index contributed by atoms with van der Waals surface area (Å²) in [7, 11) is 0. The van der Waals surface area contributed by atoms with Gasteiger partial charge in [0, 0.05) is 28.3 Å². The van der Waals surface area contributed by atoms with Gasteiger partial charge in [-0.1, -0.05) is 59.3 Å². The van der Waals surface area contributed by atoms with Crippen molar-refractivity contribution >= 4 is 44.0 Å². The van der Waals surface area contributed by atoms with Gasteiger partial charge in [-0.2, -0.15) is 0 Å². The molecule has 0 saturated heterocycles. The van der Waals surface area contributed by atoms with Crippen LogP contribution < -0.4 is 10.2 Å². The van der Waals surface area contributed by atoms with Crippen LogP contribution in [0, 0.1) is 5.41 Å². The van der Waals surface area contributed by atoms with Crippen LogP contribution in [-0.2, 0) is 0 Å². The van der Waals surface area contributed by atoms with E-state index in [1.54, 1.807) is 0 Å². The van der Waals surface area contributed by atoms with E-state index in [1.807, 2.05) is 30.3 Å². The van der Waals surface area contributed by atoms with Crippen molar-refractivity contribution in [2.24, 2.45) is 0 Å².